The summed E-state index contributed by atoms with van der Waals surface area (Å²) in [6, 6.07) is 9.99. The first-order valence-corrected chi connectivity index (χ1v) is 8.25. The van der Waals surface area contributed by atoms with Crippen molar-refractivity contribution in [3.05, 3.63) is 58.3 Å². The van der Waals surface area contributed by atoms with Gasteiger partial charge in [-0.1, -0.05) is 48.9 Å². The first-order chi connectivity index (χ1) is 11.1. The topological polar surface area (TPSA) is 55.6 Å². The lowest BCUT2D eigenvalue weighted by Crippen LogP contribution is -2.44. The number of hydrogen-bond donors (Lipinski definition) is 1. The second-order valence-corrected chi connectivity index (χ2v) is 6.51. The van der Waals surface area contributed by atoms with Gasteiger partial charge in [0.05, 0.1) is 18.2 Å². The number of carbonyl (C=O) groups is 1. The fourth-order valence-corrected chi connectivity index (χ4v) is 3.58. The predicted molar refractivity (Wildman–Crippen MR) is 90.6 cm³/mol. The second kappa shape index (κ2) is 6.77. The van der Waals surface area contributed by atoms with Crippen LogP contribution in [0.2, 0.25) is 0 Å². The van der Waals surface area contributed by atoms with E-state index in [4.69, 9.17) is 22.1 Å². The minimum absolute atomic E-state index is 0.00418. The molecule has 1 aliphatic carbocycles. The Morgan fingerprint density at radius 2 is 2.09 bits per heavy atom. The van der Waals surface area contributed by atoms with Crippen LogP contribution in [-0.2, 0) is 9.53 Å². The van der Waals surface area contributed by atoms with Crippen molar-refractivity contribution in [2.24, 2.45) is 11.7 Å². The van der Waals surface area contributed by atoms with Crippen LogP contribution in [0, 0.1) is 5.92 Å². The van der Waals surface area contributed by atoms with Gasteiger partial charge in [0.2, 0.25) is 0 Å². The Balaban J connectivity index is 1.79. The summed E-state index contributed by atoms with van der Waals surface area (Å²) in [4.78, 5) is 14.8. The van der Waals surface area contributed by atoms with Gasteiger partial charge in [0.15, 0.2) is 0 Å². The highest BCUT2D eigenvalue weighted by atomic mass is 35.5. The van der Waals surface area contributed by atoms with E-state index >= 15 is 0 Å². The number of amides is 1. The van der Waals surface area contributed by atoms with Gasteiger partial charge in [0.25, 0.3) is 5.91 Å². The molecule has 0 spiro atoms. The van der Waals surface area contributed by atoms with Crippen molar-refractivity contribution in [3.63, 3.8) is 0 Å². The highest BCUT2D eigenvalue weighted by Crippen LogP contribution is 2.32. The van der Waals surface area contributed by atoms with E-state index in [1.54, 1.807) is 6.08 Å². The van der Waals surface area contributed by atoms with Crippen LogP contribution in [0.5, 0.6) is 0 Å². The zero-order valence-corrected chi connectivity index (χ0v) is 13.9. The number of nitrogens with two attached hydrogens (primary N) is 1. The molecule has 0 radical (unpaired) electrons. The molecule has 4 nitrogen and oxygen atoms in total. The number of benzene rings is 1. The minimum Gasteiger partial charge on any atom is -0.402 e. The van der Waals surface area contributed by atoms with E-state index in [0.29, 0.717) is 36.7 Å². The average molecular weight is 333 g/mol. The van der Waals surface area contributed by atoms with Gasteiger partial charge >= 0.3 is 0 Å². The molecule has 2 N–H and O–H groups in total. The van der Waals surface area contributed by atoms with E-state index in [9.17, 15) is 4.79 Å². The van der Waals surface area contributed by atoms with Crippen LogP contribution in [0.15, 0.2) is 52.7 Å². The molecule has 1 amide bonds. The molecule has 23 heavy (non-hydrogen) atoms. The molecule has 0 bridgehead atoms. The Morgan fingerprint density at radius 1 is 1.35 bits per heavy atom. The molecular weight excluding hydrogens is 312 g/mol. The summed E-state index contributed by atoms with van der Waals surface area (Å²) in [6.07, 6.45) is 2.28. The van der Waals surface area contributed by atoms with Crippen molar-refractivity contribution in [2.75, 3.05) is 19.7 Å². The van der Waals surface area contributed by atoms with Gasteiger partial charge in [-0.3, -0.25) is 4.79 Å². The highest BCUT2D eigenvalue weighted by Gasteiger charge is 2.31. The Morgan fingerprint density at radius 3 is 2.78 bits per heavy atom. The first-order valence-electron chi connectivity index (χ1n) is 7.88. The maximum atomic E-state index is 12.9. The van der Waals surface area contributed by atoms with Crippen LogP contribution in [-0.4, -0.2) is 30.5 Å². The van der Waals surface area contributed by atoms with Gasteiger partial charge in [0.1, 0.15) is 6.10 Å². The molecule has 2 aliphatic rings. The maximum Gasteiger partial charge on any atom is 0.251 e. The molecule has 1 unspecified atom stereocenters. The van der Waals surface area contributed by atoms with Crippen molar-refractivity contribution in [2.45, 2.75) is 19.4 Å². The number of hydrogen-bond acceptors (Lipinski definition) is 3. The van der Waals surface area contributed by atoms with Crippen LogP contribution in [0.25, 0.3) is 0 Å². The van der Waals surface area contributed by atoms with Gasteiger partial charge in [-0.2, -0.15) is 0 Å². The van der Waals surface area contributed by atoms with Gasteiger partial charge in [0, 0.05) is 17.8 Å². The first kappa shape index (κ1) is 16.1. The van der Waals surface area contributed by atoms with Crippen molar-refractivity contribution < 1.29 is 9.53 Å². The van der Waals surface area contributed by atoms with Crippen molar-refractivity contribution >= 4 is 17.5 Å². The molecule has 122 valence electrons. The molecule has 5 heteroatoms. The zero-order valence-electron chi connectivity index (χ0n) is 13.2. The fourth-order valence-electron chi connectivity index (χ4n) is 3.18. The normalized spacial score (nSPS) is 25.3. The van der Waals surface area contributed by atoms with E-state index in [1.165, 1.54) is 0 Å². The van der Waals surface area contributed by atoms with E-state index in [0.717, 1.165) is 11.3 Å². The lowest BCUT2D eigenvalue weighted by Gasteiger charge is -2.35. The number of ether oxygens (including phenoxy) is 1. The molecule has 3 rings (SSSR count). The summed E-state index contributed by atoms with van der Waals surface area (Å²) in [6.45, 7) is 3.65. The number of nitrogens with zero attached hydrogens (tertiary/aromatic N) is 1. The van der Waals surface area contributed by atoms with Crippen molar-refractivity contribution in [3.8, 4) is 0 Å². The largest absolute Gasteiger partial charge is 0.402 e. The van der Waals surface area contributed by atoms with Gasteiger partial charge in [-0.05, 0) is 24.0 Å². The van der Waals surface area contributed by atoms with Crippen molar-refractivity contribution in [1.82, 2.24) is 4.90 Å². The molecule has 0 aromatic heterocycles. The Hall–Kier alpha value is -1.78. The number of halogens is 1. The minimum atomic E-state index is -0.0900. The van der Waals surface area contributed by atoms with Crippen LogP contribution in [0.4, 0.5) is 0 Å². The lowest BCUT2D eigenvalue weighted by atomic mass is 9.90. The monoisotopic (exact) mass is 332 g/mol. The van der Waals surface area contributed by atoms with Gasteiger partial charge < -0.3 is 15.4 Å². The molecule has 2 atom stereocenters. The summed E-state index contributed by atoms with van der Waals surface area (Å²) in [5.74, 6) is 0.0356. The molecule has 1 aromatic carbocycles. The third kappa shape index (κ3) is 3.43. The number of rotatable bonds is 2. The Labute approximate surface area is 141 Å². The summed E-state index contributed by atoms with van der Waals surface area (Å²) in [5, 5.41) is 0.467. The molecule has 0 saturated carbocycles. The standard InChI is InChI=1S/C18H21ClN2O2/c1-12-9-14(20)10-15(19)17(12)18(22)21-7-8-23-16(11-21)13-5-3-2-4-6-13/h2-6,10,12,16H,7-9,11,20H2,1H3/t12?,16-/m1/s1. The molecular formula is C18H21ClN2O2. The van der Waals surface area contributed by atoms with E-state index in [2.05, 4.69) is 0 Å². The van der Waals surface area contributed by atoms with Crippen LogP contribution < -0.4 is 5.73 Å². The molecule has 1 aliphatic heterocycles. The molecule has 1 heterocycles. The summed E-state index contributed by atoms with van der Waals surface area (Å²) in [5.41, 5.74) is 8.33. The van der Waals surface area contributed by atoms with Crippen LogP contribution in [0.3, 0.4) is 0 Å². The van der Waals surface area contributed by atoms with E-state index in [-0.39, 0.29) is 17.9 Å². The van der Waals surface area contributed by atoms with E-state index < -0.39 is 0 Å². The Kier molecular flexibility index (Phi) is 4.74. The quantitative estimate of drug-likeness (QED) is 0.906. The third-order valence-electron chi connectivity index (χ3n) is 4.36. The third-order valence-corrected chi connectivity index (χ3v) is 4.67. The zero-order chi connectivity index (χ0) is 16.4. The lowest BCUT2D eigenvalue weighted by molar-refractivity contribution is -0.135. The van der Waals surface area contributed by atoms with Gasteiger partial charge in [-0.25, -0.2) is 0 Å². The molecule has 1 saturated heterocycles. The maximum absolute atomic E-state index is 12.9. The number of allylic oxidation sites excluding steroid dienone is 3. The molecule has 1 fully saturated rings. The predicted octanol–water partition coefficient (Wildman–Crippen LogP) is 2.96. The number of carbonyl (C=O) groups excluding carboxylic acids is 1. The number of morpholine rings is 1. The van der Waals surface area contributed by atoms with Gasteiger partial charge in [-0.15, -0.1) is 0 Å². The summed E-state index contributed by atoms with van der Waals surface area (Å²) >= 11 is 6.28. The second-order valence-electron chi connectivity index (χ2n) is 6.11. The summed E-state index contributed by atoms with van der Waals surface area (Å²) in [7, 11) is 0. The highest BCUT2D eigenvalue weighted by molar-refractivity contribution is 6.33. The van der Waals surface area contributed by atoms with Crippen LogP contribution in [0.1, 0.15) is 25.0 Å². The molecule has 1 aromatic rings. The van der Waals surface area contributed by atoms with Crippen molar-refractivity contribution in [1.29, 1.82) is 0 Å². The smallest absolute Gasteiger partial charge is 0.251 e. The fraction of sp³-hybridized carbons (Fsp3) is 0.389. The Bertz CT molecular complexity index is 654. The SMILES string of the molecule is CC1CC(N)=CC(Cl)=C1C(=O)N1CCO[C@@H](c2ccccc2)C1. The van der Waals surface area contributed by atoms with Crippen LogP contribution >= 0.6 is 11.6 Å². The summed E-state index contributed by atoms with van der Waals surface area (Å²) < 4.78 is 5.83. The average Bonchev–Trinajstić information content (AvgIpc) is 2.55. The van der Waals surface area contributed by atoms with E-state index in [1.807, 2.05) is 42.2 Å².